The van der Waals surface area contributed by atoms with Crippen LogP contribution in [-0.4, -0.2) is 59.7 Å². The molecule has 0 aromatic carbocycles. The van der Waals surface area contributed by atoms with Gasteiger partial charge in [-0.25, -0.2) is 17.6 Å². The first-order valence-corrected chi connectivity index (χ1v) is 7.76. The van der Waals surface area contributed by atoms with E-state index >= 15 is 0 Å². The second-order valence-corrected chi connectivity index (χ2v) is 6.35. The molecule has 3 unspecified atom stereocenters. The Bertz CT molecular complexity index is 758. The van der Waals surface area contributed by atoms with E-state index in [9.17, 15) is 85.3 Å². The molecular formula is C13H8F16O5-2. The van der Waals surface area contributed by atoms with Gasteiger partial charge in [0.2, 0.25) is 0 Å². The summed E-state index contributed by atoms with van der Waals surface area (Å²) in [4.78, 5) is 10.1. The van der Waals surface area contributed by atoms with Crippen LogP contribution >= 0.6 is 0 Å². The van der Waals surface area contributed by atoms with Gasteiger partial charge in [0, 0.05) is 6.42 Å². The number of carbonyl (C=O) groups excluding carboxylic acids is 1. The Morgan fingerprint density at radius 2 is 1.09 bits per heavy atom. The van der Waals surface area contributed by atoms with E-state index in [-0.39, 0.29) is 6.92 Å². The maximum absolute atomic E-state index is 14.5. The Hall–Kier alpha value is -1.61. The highest BCUT2D eigenvalue weighted by molar-refractivity contribution is 5.77. The van der Waals surface area contributed by atoms with Gasteiger partial charge in [-0.05, 0) is 0 Å². The highest BCUT2D eigenvalue weighted by Gasteiger charge is 2.85. The van der Waals surface area contributed by atoms with Crippen LogP contribution in [0.15, 0.2) is 0 Å². The molecule has 0 heterocycles. The van der Waals surface area contributed by atoms with E-state index in [1.54, 1.807) is 4.74 Å². The number of alkyl halides is 15. The minimum absolute atomic E-state index is 0.124. The molecule has 0 radical (unpaired) electrons. The van der Waals surface area contributed by atoms with Crippen molar-refractivity contribution in [3.63, 3.8) is 0 Å². The van der Waals surface area contributed by atoms with Crippen LogP contribution in [0.3, 0.4) is 0 Å². The topological polar surface area (TPSA) is 81.7 Å². The molecule has 0 aliphatic heterocycles. The van der Waals surface area contributed by atoms with Crippen molar-refractivity contribution in [1.29, 1.82) is 0 Å². The van der Waals surface area contributed by atoms with Crippen molar-refractivity contribution in [1.82, 2.24) is 0 Å². The van der Waals surface area contributed by atoms with E-state index in [1.165, 1.54) is 0 Å². The molecular weight excluding hydrogens is 540 g/mol. The summed E-state index contributed by atoms with van der Waals surface area (Å²) in [6, 6.07) is -4.76. The Balaban J connectivity index is 7.25. The Morgan fingerprint density at radius 1 is 0.706 bits per heavy atom. The largest absolute Gasteiger partial charge is 0.859 e. The normalized spacial score (nSPS) is 20.4. The molecule has 21 heteroatoms. The Labute approximate surface area is 176 Å². The number of rotatable bonds is 10. The molecule has 0 rings (SSSR count). The first-order valence-electron chi connectivity index (χ1n) is 7.76. The van der Waals surface area contributed by atoms with Gasteiger partial charge in [-0.2, -0.15) is 52.7 Å². The lowest BCUT2D eigenvalue weighted by Gasteiger charge is -2.56. The quantitative estimate of drug-likeness (QED) is 0.238. The molecule has 0 fully saturated rings. The monoisotopic (exact) mass is 548 g/mol. The van der Waals surface area contributed by atoms with Gasteiger partial charge in [-0.1, -0.05) is 13.8 Å². The Kier molecular flexibility index (Phi) is 8.10. The summed E-state index contributed by atoms with van der Waals surface area (Å²) in [5.41, 5.74) is 0. The maximum Gasteiger partial charge on any atom is 0.459 e. The lowest BCUT2D eigenvalue weighted by atomic mass is 9.94. The molecule has 5 nitrogen and oxygen atoms in total. The van der Waals surface area contributed by atoms with Gasteiger partial charge >= 0.3 is 48.0 Å². The molecule has 0 aromatic heterocycles. The lowest BCUT2D eigenvalue weighted by molar-refractivity contribution is -0.757. The summed E-state index contributed by atoms with van der Waals surface area (Å²) in [5.74, 6) is -42.0. The molecule has 0 spiro atoms. The molecule has 0 saturated carbocycles. The van der Waals surface area contributed by atoms with Gasteiger partial charge in [0.25, 0.3) is 5.92 Å². The van der Waals surface area contributed by atoms with Crippen molar-refractivity contribution in [3.8, 4) is 0 Å². The van der Waals surface area contributed by atoms with Crippen LogP contribution in [0.4, 0.5) is 70.2 Å². The average molecular weight is 548 g/mol. The van der Waals surface area contributed by atoms with E-state index in [1.807, 2.05) is 4.74 Å². The second kappa shape index (κ2) is 8.50. The van der Waals surface area contributed by atoms with Gasteiger partial charge in [-0.15, -0.1) is 5.79 Å². The average Bonchev–Trinajstić information content (AvgIpc) is 2.57. The lowest BCUT2D eigenvalue weighted by Crippen LogP contribution is -2.79. The third-order valence-corrected chi connectivity index (χ3v) is 3.80. The van der Waals surface area contributed by atoms with Crippen molar-refractivity contribution >= 4 is 6.04 Å². The smallest absolute Gasteiger partial charge is 0.459 e. The number of hydrogen-bond acceptors (Lipinski definition) is 5. The van der Waals surface area contributed by atoms with Gasteiger partial charge in [0.1, 0.15) is 0 Å². The third-order valence-electron chi connectivity index (χ3n) is 3.80. The van der Waals surface area contributed by atoms with Crippen molar-refractivity contribution in [3.05, 3.63) is 0 Å². The number of halogens is 16. The zero-order valence-electron chi connectivity index (χ0n) is 15.8. The molecule has 0 aromatic rings. The van der Waals surface area contributed by atoms with Crippen molar-refractivity contribution in [2.45, 2.75) is 73.9 Å². The number of hydrogen-bond donors (Lipinski definition) is 0. The molecule has 204 valence electrons. The summed E-state index contributed by atoms with van der Waals surface area (Å²) < 4.78 is 216. The van der Waals surface area contributed by atoms with E-state index in [0.717, 1.165) is 0 Å². The minimum atomic E-state index is -8.07. The Morgan fingerprint density at radius 3 is 1.32 bits per heavy atom. The van der Waals surface area contributed by atoms with Crippen LogP contribution in [0.1, 0.15) is 20.3 Å². The minimum Gasteiger partial charge on any atom is -0.859 e. The predicted molar refractivity (Wildman–Crippen MR) is 65.4 cm³/mol. The van der Waals surface area contributed by atoms with Gasteiger partial charge in [-0.3, -0.25) is 14.3 Å². The number of ether oxygens (including phenoxy) is 2. The fourth-order valence-corrected chi connectivity index (χ4v) is 1.82. The first kappa shape index (κ1) is 32.4. The van der Waals surface area contributed by atoms with E-state index in [2.05, 4.69) is 0 Å². The number of carbonyl (C=O) groups is 1. The highest BCUT2D eigenvalue weighted by atomic mass is 19.4. The predicted octanol–water partition coefficient (Wildman–Crippen LogP) is 3.35. The van der Waals surface area contributed by atoms with Crippen molar-refractivity contribution in [2.75, 3.05) is 0 Å². The summed E-state index contributed by atoms with van der Waals surface area (Å²) in [7, 11) is 0. The molecule has 0 N–H and O–H groups in total. The SMILES string of the molecule is CCC(F)(F)C(F)(OC(F)(C(F)(F)F)C(F)(F)OC(F)(C(=O)F)C(F)(F)F)C(F)(F)C(C)([O-])[O-]. The standard InChI is InChI=1S/C13H8F16O5/c1-3-6(15,16)9(20,8(18,19)5(2,31)32)34-10(21,12(25,26)27)13(28,29)33-7(17,4(14)30)11(22,23)24/h3H2,1-2H3/q-2. The van der Waals surface area contributed by atoms with Gasteiger partial charge < -0.3 is 10.2 Å². The summed E-state index contributed by atoms with van der Waals surface area (Å²) in [6.07, 6.45) is -26.0. The van der Waals surface area contributed by atoms with Gasteiger partial charge in [0.05, 0.1) is 0 Å². The molecule has 0 aliphatic carbocycles. The zero-order chi connectivity index (χ0) is 28.2. The maximum atomic E-state index is 14.5. The molecule has 0 saturated heterocycles. The molecule has 0 aliphatic rings. The molecule has 0 amide bonds. The van der Waals surface area contributed by atoms with Crippen LogP contribution in [0.2, 0.25) is 0 Å². The van der Waals surface area contributed by atoms with E-state index in [4.69, 9.17) is 0 Å². The molecule has 3 atom stereocenters. The summed E-state index contributed by atoms with van der Waals surface area (Å²) >= 11 is 0. The fourth-order valence-electron chi connectivity index (χ4n) is 1.82. The second-order valence-electron chi connectivity index (χ2n) is 6.35. The molecule has 0 bridgehead atoms. The zero-order valence-corrected chi connectivity index (χ0v) is 15.8. The van der Waals surface area contributed by atoms with Crippen LogP contribution in [0.5, 0.6) is 0 Å². The first-order chi connectivity index (χ1) is 14.4. The summed E-state index contributed by atoms with van der Waals surface area (Å²) in [6.45, 7) is -1.10. The van der Waals surface area contributed by atoms with Crippen molar-refractivity contribution in [2.24, 2.45) is 0 Å². The highest BCUT2D eigenvalue weighted by Crippen LogP contribution is 2.58. The van der Waals surface area contributed by atoms with Crippen LogP contribution in [-0.2, 0) is 14.3 Å². The third kappa shape index (κ3) is 4.87. The summed E-state index contributed by atoms with van der Waals surface area (Å²) in [5, 5.41) is 21.8. The molecule has 34 heavy (non-hydrogen) atoms. The van der Waals surface area contributed by atoms with Gasteiger partial charge in [0.15, 0.2) is 0 Å². The van der Waals surface area contributed by atoms with E-state index in [0.29, 0.717) is 0 Å². The van der Waals surface area contributed by atoms with Crippen molar-refractivity contribution < 1.29 is 94.7 Å². The van der Waals surface area contributed by atoms with E-state index < -0.39 is 73.0 Å². The van der Waals surface area contributed by atoms with Crippen LogP contribution in [0.25, 0.3) is 0 Å². The van der Waals surface area contributed by atoms with Crippen LogP contribution in [0, 0.1) is 0 Å². The fraction of sp³-hybridized carbons (Fsp3) is 0.923. The van der Waals surface area contributed by atoms with Crippen LogP contribution < -0.4 is 10.2 Å².